The summed E-state index contributed by atoms with van der Waals surface area (Å²) in [6.07, 6.45) is 3.74. The Balaban J connectivity index is 1.14. The van der Waals surface area contributed by atoms with E-state index in [-0.39, 0.29) is 29.6 Å². The number of rotatable bonds is 11. The molecule has 0 saturated carbocycles. The molecule has 0 radical (unpaired) electrons. The topological polar surface area (TPSA) is 173 Å². The van der Waals surface area contributed by atoms with Crippen LogP contribution in [0.15, 0.2) is 23.0 Å². The fraction of sp³-hybridized carbons (Fsp3) is 0.548. The molecule has 4 aromatic rings. The SMILES string of the molecule is CCCCOc1nc(N)c2[nH]c(=O)n(Cc3ccc(CN4CCC(c5nnc6n5CCN(C(C)C)C6)CC4)cc3C(=O)O)c2n1. The Bertz CT molecular complexity index is 1730. The van der Waals surface area contributed by atoms with Gasteiger partial charge in [0.2, 0.25) is 0 Å². The molecule has 5 heterocycles. The zero-order chi connectivity index (χ0) is 31.7. The van der Waals surface area contributed by atoms with Crippen LogP contribution in [0.3, 0.4) is 0 Å². The monoisotopic (exact) mass is 618 g/mol. The van der Waals surface area contributed by atoms with Crippen LogP contribution in [0.25, 0.3) is 11.2 Å². The van der Waals surface area contributed by atoms with Gasteiger partial charge in [0.25, 0.3) is 0 Å². The average Bonchev–Trinajstić information content (AvgIpc) is 3.59. The lowest BCUT2D eigenvalue weighted by molar-refractivity contribution is 0.0695. The van der Waals surface area contributed by atoms with Gasteiger partial charge in [0, 0.05) is 31.6 Å². The maximum atomic E-state index is 12.9. The van der Waals surface area contributed by atoms with Gasteiger partial charge in [0.15, 0.2) is 11.5 Å². The molecular formula is C31H42N10O4. The predicted octanol–water partition coefficient (Wildman–Crippen LogP) is 2.82. The van der Waals surface area contributed by atoms with E-state index in [1.165, 1.54) is 4.57 Å². The molecule has 0 aliphatic carbocycles. The number of aromatic carboxylic acids is 1. The number of ether oxygens (including phenoxy) is 1. The van der Waals surface area contributed by atoms with Gasteiger partial charge >= 0.3 is 17.7 Å². The average molecular weight is 619 g/mol. The highest BCUT2D eigenvalue weighted by molar-refractivity contribution is 5.90. The minimum absolute atomic E-state index is 0.00853. The Kier molecular flexibility index (Phi) is 8.85. The lowest BCUT2D eigenvalue weighted by atomic mass is 9.95. The summed E-state index contributed by atoms with van der Waals surface area (Å²) in [7, 11) is 0. The summed E-state index contributed by atoms with van der Waals surface area (Å²) in [5.41, 5.74) is 7.75. The third-order valence-electron chi connectivity index (χ3n) is 8.99. The highest BCUT2D eigenvalue weighted by atomic mass is 16.5. The summed E-state index contributed by atoms with van der Waals surface area (Å²) < 4.78 is 9.31. The zero-order valence-corrected chi connectivity index (χ0v) is 26.2. The lowest BCUT2D eigenvalue weighted by Gasteiger charge is -2.34. The lowest BCUT2D eigenvalue weighted by Crippen LogP contribution is -2.39. The Morgan fingerprint density at radius 3 is 2.67 bits per heavy atom. The number of H-pyrrole nitrogens is 1. The van der Waals surface area contributed by atoms with Crippen LogP contribution < -0.4 is 16.2 Å². The summed E-state index contributed by atoms with van der Waals surface area (Å²) in [4.78, 5) is 41.3. The van der Waals surface area contributed by atoms with E-state index in [0.717, 1.165) is 75.6 Å². The molecule has 2 aliphatic rings. The molecule has 1 fully saturated rings. The number of hydrogen-bond acceptors (Lipinski definition) is 10. The second-order valence-corrected chi connectivity index (χ2v) is 12.3. The van der Waals surface area contributed by atoms with Gasteiger partial charge in [-0.1, -0.05) is 25.5 Å². The van der Waals surface area contributed by atoms with Gasteiger partial charge in [-0.2, -0.15) is 9.97 Å². The molecule has 14 nitrogen and oxygen atoms in total. The van der Waals surface area contributed by atoms with E-state index >= 15 is 0 Å². The normalized spacial score (nSPS) is 16.4. The van der Waals surface area contributed by atoms with Crippen LogP contribution in [0, 0.1) is 0 Å². The Morgan fingerprint density at radius 2 is 1.93 bits per heavy atom. The third-order valence-corrected chi connectivity index (χ3v) is 8.99. The van der Waals surface area contributed by atoms with Crippen LogP contribution in [0.4, 0.5) is 5.82 Å². The maximum absolute atomic E-state index is 12.9. The quantitative estimate of drug-likeness (QED) is 0.211. The second-order valence-electron chi connectivity index (χ2n) is 12.3. The first-order valence-corrected chi connectivity index (χ1v) is 15.8. The Morgan fingerprint density at radius 1 is 1.13 bits per heavy atom. The number of nitrogens with two attached hydrogens (primary N) is 1. The van der Waals surface area contributed by atoms with E-state index in [2.05, 4.69) is 53.4 Å². The van der Waals surface area contributed by atoms with Gasteiger partial charge in [-0.25, -0.2) is 9.59 Å². The molecule has 2 aliphatic heterocycles. The molecule has 0 amide bonds. The molecule has 0 bridgehead atoms. The van der Waals surface area contributed by atoms with E-state index in [0.29, 0.717) is 36.2 Å². The van der Waals surface area contributed by atoms with Crippen molar-refractivity contribution in [3.63, 3.8) is 0 Å². The first kappa shape index (κ1) is 30.7. The van der Waals surface area contributed by atoms with Crippen molar-refractivity contribution in [3.8, 4) is 6.01 Å². The van der Waals surface area contributed by atoms with Crippen LogP contribution in [0.2, 0.25) is 0 Å². The maximum Gasteiger partial charge on any atom is 0.336 e. The number of nitrogen functional groups attached to an aromatic ring is 1. The summed E-state index contributed by atoms with van der Waals surface area (Å²) in [6, 6.07) is 6.00. The van der Waals surface area contributed by atoms with Crippen LogP contribution in [-0.4, -0.2) is 87.4 Å². The minimum Gasteiger partial charge on any atom is -0.478 e. The molecule has 0 atom stereocenters. The number of anilines is 1. The number of nitrogens with zero attached hydrogens (tertiary/aromatic N) is 8. The van der Waals surface area contributed by atoms with Crippen LogP contribution >= 0.6 is 0 Å². The van der Waals surface area contributed by atoms with Gasteiger partial charge in [-0.05, 0) is 63.4 Å². The van der Waals surface area contributed by atoms with E-state index in [4.69, 9.17) is 10.5 Å². The van der Waals surface area contributed by atoms with E-state index in [9.17, 15) is 14.7 Å². The van der Waals surface area contributed by atoms with Crippen molar-refractivity contribution in [3.05, 3.63) is 57.0 Å². The van der Waals surface area contributed by atoms with Crippen molar-refractivity contribution in [2.45, 2.75) is 84.6 Å². The number of nitrogens with one attached hydrogen (secondary N) is 1. The molecular weight excluding hydrogens is 576 g/mol. The largest absolute Gasteiger partial charge is 0.478 e. The van der Waals surface area contributed by atoms with E-state index in [1.807, 2.05) is 13.0 Å². The molecule has 6 rings (SSSR count). The number of hydrogen-bond donors (Lipinski definition) is 3. The van der Waals surface area contributed by atoms with Gasteiger partial charge in [0.1, 0.15) is 17.2 Å². The number of aromatic amines is 1. The Hall–Kier alpha value is -4.30. The Labute approximate surface area is 261 Å². The highest BCUT2D eigenvalue weighted by Gasteiger charge is 2.29. The number of imidazole rings is 1. The molecule has 4 N–H and O–H groups in total. The van der Waals surface area contributed by atoms with Crippen LogP contribution in [0.5, 0.6) is 6.01 Å². The van der Waals surface area contributed by atoms with Crippen molar-refractivity contribution < 1.29 is 14.6 Å². The standard InChI is InChI=1S/C31H42N10O4/c1-4-5-14-45-30-34-26(32)25-28(35-30)41(31(44)33-25)17-22-7-6-20(15-23(22)29(42)43)16-38-10-8-21(9-11-38)27-37-36-24-18-39(19(2)3)12-13-40(24)27/h6-7,15,19,21H,4-5,8-14,16-18H2,1-3H3,(H,33,44)(H,42,43)(H2,32,34,35). The molecule has 3 aromatic heterocycles. The van der Waals surface area contributed by atoms with Gasteiger partial charge in [0.05, 0.1) is 25.3 Å². The number of fused-ring (bicyclic) bond motifs is 2. The zero-order valence-electron chi connectivity index (χ0n) is 26.2. The number of piperidine rings is 1. The van der Waals surface area contributed by atoms with Crippen LogP contribution in [-0.2, 0) is 26.2 Å². The minimum atomic E-state index is -1.05. The summed E-state index contributed by atoms with van der Waals surface area (Å²) in [5, 5.41) is 19.2. The first-order valence-electron chi connectivity index (χ1n) is 15.8. The van der Waals surface area contributed by atoms with Crippen molar-refractivity contribution in [1.29, 1.82) is 0 Å². The second kappa shape index (κ2) is 13.0. The van der Waals surface area contributed by atoms with E-state index in [1.54, 1.807) is 12.1 Å². The number of benzene rings is 1. The highest BCUT2D eigenvalue weighted by Crippen LogP contribution is 2.30. The first-order chi connectivity index (χ1) is 21.7. The predicted molar refractivity (Wildman–Crippen MR) is 168 cm³/mol. The van der Waals surface area contributed by atoms with Gasteiger partial charge < -0.3 is 25.1 Å². The fourth-order valence-electron chi connectivity index (χ4n) is 6.33. The molecule has 14 heteroatoms. The van der Waals surface area contributed by atoms with Gasteiger partial charge in [-0.15, -0.1) is 10.2 Å². The number of likely N-dealkylation sites (tertiary alicyclic amines) is 1. The van der Waals surface area contributed by atoms with Crippen molar-refractivity contribution in [1.82, 2.24) is 44.1 Å². The number of carboxylic acid groups (broad SMARTS) is 1. The van der Waals surface area contributed by atoms with E-state index < -0.39 is 11.7 Å². The third kappa shape index (κ3) is 6.43. The van der Waals surface area contributed by atoms with Crippen LogP contribution in [0.1, 0.15) is 85.5 Å². The summed E-state index contributed by atoms with van der Waals surface area (Å²) in [5.74, 6) is 1.57. The number of carbonyl (C=O) groups is 1. The molecule has 1 saturated heterocycles. The number of unbranched alkanes of at least 4 members (excludes halogenated alkanes) is 1. The summed E-state index contributed by atoms with van der Waals surface area (Å²) in [6.45, 7) is 12.1. The summed E-state index contributed by atoms with van der Waals surface area (Å²) >= 11 is 0. The molecule has 0 unspecified atom stereocenters. The number of carboxylic acids is 1. The smallest absolute Gasteiger partial charge is 0.336 e. The van der Waals surface area contributed by atoms with Crippen molar-refractivity contribution in [2.24, 2.45) is 0 Å². The molecule has 240 valence electrons. The van der Waals surface area contributed by atoms with Crippen molar-refractivity contribution >= 4 is 23.0 Å². The molecule has 45 heavy (non-hydrogen) atoms. The fourth-order valence-corrected chi connectivity index (χ4v) is 6.33. The van der Waals surface area contributed by atoms with Gasteiger partial charge in [-0.3, -0.25) is 14.4 Å². The number of aromatic nitrogens is 7. The molecule has 0 spiro atoms. The molecule has 1 aromatic carbocycles. The van der Waals surface area contributed by atoms with Crippen molar-refractivity contribution in [2.75, 3.05) is 32.0 Å².